The van der Waals surface area contributed by atoms with Crippen molar-refractivity contribution in [3.63, 3.8) is 0 Å². The molecule has 0 unspecified atom stereocenters. The maximum absolute atomic E-state index is 9.19. The SMILES string of the molecule is [2H]c1c([2H])c([2H])c(-c2c3ccccc3c(-c3ccc4c(c3)oc3c(-c5ccccc5)cccc34)c3ccc(-c4cc5ccccc5c5ccccc45)cc23)c([2H])c1[2H]. The molecule has 0 saturated heterocycles. The van der Waals surface area contributed by atoms with E-state index in [0.717, 1.165) is 93.0 Å². The molecule has 0 saturated carbocycles. The zero-order chi connectivity index (χ0) is 39.2. The molecule has 0 aliphatic carbocycles. The number of para-hydroxylation sites is 1. The minimum Gasteiger partial charge on any atom is -0.455 e. The summed E-state index contributed by atoms with van der Waals surface area (Å²) in [7, 11) is 0. The van der Waals surface area contributed by atoms with Gasteiger partial charge in [0.15, 0.2) is 0 Å². The Balaban J connectivity index is 1.25. The average molecular weight is 678 g/mol. The molecule has 11 aromatic rings. The van der Waals surface area contributed by atoms with E-state index in [9.17, 15) is 2.74 Å². The van der Waals surface area contributed by atoms with E-state index in [1.807, 2.05) is 36.4 Å². The van der Waals surface area contributed by atoms with Crippen LogP contribution in [0.25, 0.3) is 110 Å². The summed E-state index contributed by atoms with van der Waals surface area (Å²) < 4.78 is 50.9. The maximum atomic E-state index is 9.19. The van der Waals surface area contributed by atoms with Gasteiger partial charge in [-0.1, -0.05) is 170 Å². The van der Waals surface area contributed by atoms with E-state index < -0.39 is 6.04 Å². The Hall–Kier alpha value is -6.96. The third-order valence-corrected chi connectivity index (χ3v) is 10.7. The number of hydrogen-bond acceptors (Lipinski definition) is 1. The first-order valence-electron chi connectivity index (χ1n) is 20.3. The van der Waals surface area contributed by atoms with E-state index >= 15 is 0 Å². The van der Waals surface area contributed by atoms with Crippen LogP contribution in [-0.2, 0) is 0 Å². The van der Waals surface area contributed by atoms with Gasteiger partial charge in [-0.2, -0.15) is 0 Å². The van der Waals surface area contributed by atoms with Crippen molar-refractivity contribution in [3.05, 3.63) is 194 Å². The molecule has 53 heavy (non-hydrogen) atoms. The predicted octanol–water partition coefficient (Wildman–Crippen LogP) is 14.9. The molecule has 10 aromatic carbocycles. The molecular formula is C52H32O. The van der Waals surface area contributed by atoms with Crippen LogP contribution in [0.2, 0.25) is 0 Å². The van der Waals surface area contributed by atoms with E-state index in [0.29, 0.717) is 5.56 Å². The highest BCUT2D eigenvalue weighted by atomic mass is 16.3. The Labute approximate surface area is 314 Å². The molecule has 0 N–H and O–H groups in total. The van der Waals surface area contributed by atoms with Gasteiger partial charge in [0, 0.05) is 16.3 Å². The normalized spacial score (nSPS) is 13.1. The van der Waals surface area contributed by atoms with Crippen LogP contribution in [0.5, 0.6) is 0 Å². The molecule has 0 atom stereocenters. The lowest BCUT2D eigenvalue weighted by Crippen LogP contribution is -1.92. The highest BCUT2D eigenvalue weighted by Crippen LogP contribution is 2.47. The summed E-state index contributed by atoms with van der Waals surface area (Å²) in [5.74, 6) is 0. The average Bonchev–Trinajstić information content (AvgIpc) is 3.65. The van der Waals surface area contributed by atoms with Gasteiger partial charge in [-0.25, -0.2) is 0 Å². The first kappa shape index (κ1) is 25.1. The lowest BCUT2D eigenvalue weighted by molar-refractivity contribution is 0.670. The van der Waals surface area contributed by atoms with Gasteiger partial charge < -0.3 is 4.42 Å². The van der Waals surface area contributed by atoms with Gasteiger partial charge in [0.05, 0.1) is 6.85 Å². The largest absolute Gasteiger partial charge is 0.455 e. The van der Waals surface area contributed by atoms with Crippen LogP contribution >= 0.6 is 0 Å². The van der Waals surface area contributed by atoms with Gasteiger partial charge >= 0.3 is 0 Å². The molecule has 246 valence electrons. The number of rotatable bonds is 4. The molecule has 0 aliphatic rings. The summed E-state index contributed by atoms with van der Waals surface area (Å²) in [5, 5.41) is 10.00. The Kier molecular flexibility index (Phi) is 5.58. The summed E-state index contributed by atoms with van der Waals surface area (Å²) in [4.78, 5) is 0. The summed E-state index contributed by atoms with van der Waals surface area (Å²) >= 11 is 0. The van der Waals surface area contributed by atoms with E-state index in [-0.39, 0.29) is 29.7 Å². The summed E-state index contributed by atoms with van der Waals surface area (Å²) in [6.45, 7) is 0. The fourth-order valence-corrected chi connectivity index (χ4v) is 8.39. The molecular weight excluding hydrogens is 641 g/mol. The molecule has 0 bridgehead atoms. The van der Waals surface area contributed by atoms with E-state index in [1.54, 1.807) is 0 Å². The highest BCUT2D eigenvalue weighted by Gasteiger charge is 2.20. The van der Waals surface area contributed by atoms with Crippen LogP contribution in [-0.4, -0.2) is 0 Å². The molecule has 11 rings (SSSR count). The van der Waals surface area contributed by atoms with Crippen molar-refractivity contribution in [2.75, 3.05) is 0 Å². The second-order valence-corrected chi connectivity index (χ2v) is 13.6. The van der Waals surface area contributed by atoms with Crippen molar-refractivity contribution in [2.45, 2.75) is 0 Å². The van der Waals surface area contributed by atoms with Gasteiger partial charge in [-0.3, -0.25) is 0 Å². The fraction of sp³-hybridized carbons (Fsp3) is 0. The fourth-order valence-electron chi connectivity index (χ4n) is 8.39. The maximum Gasteiger partial charge on any atom is 0.143 e. The van der Waals surface area contributed by atoms with Crippen LogP contribution in [0, 0.1) is 0 Å². The number of benzene rings is 10. The molecule has 1 heterocycles. The second-order valence-electron chi connectivity index (χ2n) is 13.6. The molecule has 1 nitrogen and oxygen atoms in total. The van der Waals surface area contributed by atoms with Crippen molar-refractivity contribution >= 4 is 65.0 Å². The topological polar surface area (TPSA) is 13.1 Å². The Morgan fingerprint density at radius 2 is 0.962 bits per heavy atom. The van der Waals surface area contributed by atoms with Crippen LogP contribution in [0.4, 0.5) is 0 Å². The van der Waals surface area contributed by atoms with Crippen molar-refractivity contribution in [1.82, 2.24) is 0 Å². The Bertz CT molecular complexity index is 3480. The van der Waals surface area contributed by atoms with Crippen LogP contribution in [0.1, 0.15) is 6.85 Å². The lowest BCUT2D eigenvalue weighted by Gasteiger charge is -2.19. The molecule has 0 aliphatic heterocycles. The van der Waals surface area contributed by atoms with Gasteiger partial charge in [0.25, 0.3) is 0 Å². The first-order chi connectivity index (χ1) is 28.4. The minimum absolute atomic E-state index is 0.181. The predicted molar refractivity (Wildman–Crippen MR) is 225 cm³/mol. The number of furan rings is 1. The van der Waals surface area contributed by atoms with Crippen LogP contribution in [0.3, 0.4) is 0 Å². The minimum atomic E-state index is -0.415. The molecule has 0 spiro atoms. The molecule has 1 aromatic heterocycles. The zero-order valence-corrected chi connectivity index (χ0v) is 28.5. The van der Waals surface area contributed by atoms with Crippen LogP contribution < -0.4 is 0 Å². The molecule has 0 radical (unpaired) electrons. The Morgan fingerprint density at radius 3 is 1.77 bits per heavy atom. The monoisotopic (exact) mass is 677 g/mol. The smallest absolute Gasteiger partial charge is 0.143 e. The molecule has 0 fully saturated rings. The van der Waals surface area contributed by atoms with Crippen molar-refractivity contribution in [3.8, 4) is 44.5 Å². The summed E-state index contributed by atoms with van der Waals surface area (Å²) in [6.07, 6.45) is 0. The molecule has 0 amide bonds. The van der Waals surface area contributed by atoms with E-state index in [1.165, 1.54) is 5.39 Å². The van der Waals surface area contributed by atoms with Gasteiger partial charge in [-0.15, -0.1) is 0 Å². The Morgan fingerprint density at radius 1 is 0.340 bits per heavy atom. The lowest BCUT2D eigenvalue weighted by atomic mass is 9.84. The van der Waals surface area contributed by atoms with Crippen molar-refractivity contribution in [1.29, 1.82) is 0 Å². The quantitative estimate of drug-likeness (QED) is 0.133. The van der Waals surface area contributed by atoms with Gasteiger partial charge in [0.2, 0.25) is 0 Å². The second kappa shape index (κ2) is 11.8. The third-order valence-electron chi connectivity index (χ3n) is 10.7. The first-order valence-corrected chi connectivity index (χ1v) is 17.8. The highest BCUT2D eigenvalue weighted by molar-refractivity contribution is 6.23. The van der Waals surface area contributed by atoms with Crippen molar-refractivity contribution < 1.29 is 11.3 Å². The number of fused-ring (bicyclic) bond motifs is 8. The van der Waals surface area contributed by atoms with Gasteiger partial charge in [0.1, 0.15) is 11.2 Å². The van der Waals surface area contributed by atoms with Gasteiger partial charge in [-0.05, 0) is 106 Å². The summed E-state index contributed by atoms with van der Waals surface area (Å²) in [6, 6.07) is 54.8. The summed E-state index contributed by atoms with van der Waals surface area (Å²) in [5.41, 5.74) is 8.44. The van der Waals surface area contributed by atoms with Crippen LogP contribution in [0.15, 0.2) is 198 Å². The zero-order valence-electron chi connectivity index (χ0n) is 33.5. The third kappa shape index (κ3) is 4.64. The standard InChI is InChI=1S/C52H32O/c1-3-14-33(15-4-1)39-24-13-25-46-42-28-27-37(32-49(42)53-52(39)46)51-44-23-12-11-22-43(44)50(34-16-5-2-6-17-34)48-31-36(26-29-45(48)51)47-30-35-18-7-8-19-38(35)40-20-9-10-21-41(40)47/h1-32H/i2D,5D,6D,16D,17D. The van der Waals surface area contributed by atoms with E-state index in [4.69, 9.17) is 8.53 Å². The van der Waals surface area contributed by atoms with E-state index in [2.05, 4.69) is 127 Å². The number of hydrogen-bond donors (Lipinski definition) is 0. The molecule has 1 heteroatoms. The van der Waals surface area contributed by atoms with Crippen molar-refractivity contribution in [2.24, 2.45) is 0 Å².